The molecule has 0 atom stereocenters. The highest BCUT2D eigenvalue weighted by atomic mass is 19.4. The van der Waals surface area contributed by atoms with Crippen molar-refractivity contribution in [1.82, 2.24) is 4.98 Å². The van der Waals surface area contributed by atoms with Crippen molar-refractivity contribution < 1.29 is 17.9 Å². The van der Waals surface area contributed by atoms with E-state index >= 15 is 0 Å². The van der Waals surface area contributed by atoms with Crippen LogP contribution in [0.2, 0.25) is 0 Å². The van der Waals surface area contributed by atoms with Crippen LogP contribution in [0.4, 0.5) is 19.0 Å². The van der Waals surface area contributed by atoms with Gasteiger partial charge in [-0.2, -0.15) is 13.2 Å². The number of nitrogens with zero attached hydrogens (tertiary/aromatic N) is 1. The van der Waals surface area contributed by atoms with E-state index in [0.29, 0.717) is 13.2 Å². The summed E-state index contributed by atoms with van der Waals surface area (Å²) in [6.45, 7) is 1.30. The zero-order valence-electron chi connectivity index (χ0n) is 9.13. The largest absolute Gasteiger partial charge is 0.419 e. The smallest absolute Gasteiger partial charge is 0.378 e. The van der Waals surface area contributed by atoms with Crippen molar-refractivity contribution in [1.29, 1.82) is 0 Å². The van der Waals surface area contributed by atoms with Gasteiger partial charge in [-0.05, 0) is 12.1 Å². The third-order valence-corrected chi connectivity index (χ3v) is 1.91. The number of hydrogen-bond donors (Lipinski definition) is 2. The van der Waals surface area contributed by atoms with Gasteiger partial charge in [-0.25, -0.2) is 4.98 Å². The number of hydrogen-bond acceptors (Lipinski definition) is 4. The summed E-state index contributed by atoms with van der Waals surface area (Å²) in [5.41, 5.74) is 4.42. The lowest BCUT2D eigenvalue weighted by molar-refractivity contribution is -0.137. The summed E-state index contributed by atoms with van der Waals surface area (Å²) in [5, 5.41) is 2.58. The Morgan fingerprint density at radius 3 is 2.76 bits per heavy atom. The third kappa shape index (κ3) is 4.58. The molecule has 0 unspecified atom stereocenters. The number of ether oxygens (including phenoxy) is 1. The van der Waals surface area contributed by atoms with Crippen molar-refractivity contribution >= 4 is 5.82 Å². The van der Waals surface area contributed by atoms with Gasteiger partial charge in [0.05, 0.1) is 18.8 Å². The second-order valence-corrected chi connectivity index (χ2v) is 3.23. The Balaban J connectivity index is 2.53. The molecule has 1 rings (SSSR count). The maximum atomic E-state index is 12.6. The van der Waals surface area contributed by atoms with E-state index in [1.54, 1.807) is 0 Å². The van der Waals surface area contributed by atoms with Crippen LogP contribution in [0, 0.1) is 0 Å². The van der Waals surface area contributed by atoms with E-state index in [9.17, 15) is 13.2 Å². The Bertz CT molecular complexity index is 344. The summed E-state index contributed by atoms with van der Waals surface area (Å²) in [7, 11) is 0. The molecule has 1 heterocycles. The van der Waals surface area contributed by atoms with E-state index in [2.05, 4.69) is 10.3 Å². The van der Waals surface area contributed by atoms with E-state index in [1.165, 1.54) is 12.3 Å². The molecule has 0 aliphatic rings. The summed E-state index contributed by atoms with van der Waals surface area (Å²) in [4.78, 5) is 3.65. The molecule has 0 aliphatic heterocycles. The van der Waals surface area contributed by atoms with Gasteiger partial charge < -0.3 is 15.8 Å². The van der Waals surface area contributed by atoms with Crippen molar-refractivity contribution in [3.63, 3.8) is 0 Å². The maximum Gasteiger partial charge on any atom is 0.419 e. The first-order valence-electron chi connectivity index (χ1n) is 5.09. The molecule has 7 heteroatoms. The molecule has 96 valence electrons. The first-order valence-corrected chi connectivity index (χ1v) is 5.09. The monoisotopic (exact) mass is 249 g/mol. The molecule has 0 saturated heterocycles. The van der Waals surface area contributed by atoms with Crippen LogP contribution < -0.4 is 11.1 Å². The maximum absolute atomic E-state index is 12.6. The number of nitrogens with two attached hydrogens (primary N) is 1. The van der Waals surface area contributed by atoms with Gasteiger partial charge in [-0.1, -0.05) is 0 Å². The van der Waals surface area contributed by atoms with Crippen LogP contribution in [0.3, 0.4) is 0 Å². The highest BCUT2D eigenvalue weighted by Gasteiger charge is 2.33. The average molecular weight is 249 g/mol. The first-order chi connectivity index (χ1) is 8.05. The number of alkyl halides is 3. The Morgan fingerprint density at radius 2 is 2.12 bits per heavy atom. The van der Waals surface area contributed by atoms with Gasteiger partial charge in [0.25, 0.3) is 0 Å². The average Bonchev–Trinajstić information content (AvgIpc) is 2.28. The zero-order chi connectivity index (χ0) is 12.7. The van der Waals surface area contributed by atoms with Gasteiger partial charge >= 0.3 is 6.18 Å². The van der Waals surface area contributed by atoms with Crippen molar-refractivity contribution in [2.75, 3.05) is 31.6 Å². The van der Waals surface area contributed by atoms with E-state index < -0.39 is 11.7 Å². The summed E-state index contributed by atoms with van der Waals surface area (Å²) >= 11 is 0. The minimum Gasteiger partial charge on any atom is -0.378 e. The highest BCUT2D eigenvalue weighted by molar-refractivity contribution is 5.45. The predicted molar refractivity (Wildman–Crippen MR) is 57.6 cm³/mol. The van der Waals surface area contributed by atoms with Crippen LogP contribution in [0.5, 0.6) is 0 Å². The van der Waals surface area contributed by atoms with E-state index in [1.807, 2.05) is 0 Å². The first kappa shape index (κ1) is 13.7. The van der Waals surface area contributed by atoms with Crippen LogP contribution in [-0.2, 0) is 10.9 Å². The number of pyridine rings is 1. The fraction of sp³-hybridized carbons (Fsp3) is 0.500. The lowest BCUT2D eigenvalue weighted by atomic mass is 10.2. The van der Waals surface area contributed by atoms with Crippen LogP contribution in [0.15, 0.2) is 18.3 Å². The van der Waals surface area contributed by atoms with Crippen molar-refractivity contribution in [2.45, 2.75) is 6.18 Å². The molecule has 0 radical (unpaired) electrons. The molecule has 0 bridgehead atoms. The molecule has 17 heavy (non-hydrogen) atoms. The van der Waals surface area contributed by atoms with Gasteiger partial charge in [0, 0.05) is 19.3 Å². The summed E-state index contributed by atoms with van der Waals surface area (Å²) in [5.74, 6) is -0.184. The Hall–Kier alpha value is -1.34. The number of aromatic nitrogens is 1. The zero-order valence-corrected chi connectivity index (χ0v) is 9.13. The molecule has 0 aliphatic carbocycles. The molecule has 3 N–H and O–H groups in total. The number of nitrogens with one attached hydrogen (secondary N) is 1. The topological polar surface area (TPSA) is 60.2 Å². The molecule has 1 aromatic heterocycles. The van der Waals surface area contributed by atoms with Gasteiger partial charge in [0.1, 0.15) is 5.82 Å². The Labute approximate surface area is 97.0 Å². The van der Waals surface area contributed by atoms with Gasteiger partial charge in [0.15, 0.2) is 0 Å². The Kier molecular flexibility index (Phi) is 5.17. The standard InChI is InChI=1S/C10H14F3N3O/c11-10(12,13)8-2-1-4-15-9(8)16-5-7-17-6-3-14/h1-2,4H,3,5-7,14H2,(H,15,16). The molecular formula is C10H14F3N3O. The van der Waals surface area contributed by atoms with Crippen molar-refractivity contribution in [3.8, 4) is 0 Å². The molecule has 0 fully saturated rings. The lowest BCUT2D eigenvalue weighted by Gasteiger charge is -2.12. The van der Waals surface area contributed by atoms with Crippen molar-refractivity contribution in [3.05, 3.63) is 23.9 Å². The summed E-state index contributed by atoms with van der Waals surface area (Å²) in [6, 6.07) is 2.23. The van der Waals surface area contributed by atoms with Crippen LogP contribution in [0.25, 0.3) is 0 Å². The SMILES string of the molecule is NCCOCCNc1ncccc1C(F)(F)F. The fourth-order valence-electron chi connectivity index (χ4n) is 1.20. The predicted octanol–water partition coefficient (Wildman–Crippen LogP) is 1.49. The van der Waals surface area contributed by atoms with Crippen LogP contribution in [0.1, 0.15) is 5.56 Å². The second-order valence-electron chi connectivity index (χ2n) is 3.23. The van der Waals surface area contributed by atoms with Gasteiger partial charge in [-0.15, -0.1) is 0 Å². The quantitative estimate of drug-likeness (QED) is 0.750. The third-order valence-electron chi connectivity index (χ3n) is 1.91. The van der Waals surface area contributed by atoms with Crippen LogP contribution in [-0.4, -0.2) is 31.3 Å². The second kappa shape index (κ2) is 6.41. The van der Waals surface area contributed by atoms with Crippen LogP contribution >= 0.6 is 0 Å². The van der Waals surface area contributed by atoms with E-state index in [4.69, 9.17) is 10.5 Å². The molecule has 0 spiro atoms. The molecule has 1 aromatic rings. The number of rotatable bonds is 6. The molecule has 4 nitrogen and oxygen atoms in total. The fourth-order valence-corrected chi connectivity index (χ4v) is 1.20. The summed E-state index contributed by atoms with van der Waals surface area (Å²) < 4.78 is 42.7. The molecule has 0 amide bonds. The minimum absolute atomic E-state index is 0.184. The normalized spacial score (nSPS) is 11.5. The van der Waals surface area contributed by atoms with Crippen molar-refractivity contribution in [2.24, 2.45) is 5.73 Å². The number of anilines is 1. The highest BCUT2D eigenvalue weighted by Crippen LogP contribution is 2.33. The van der Waals surface area contributed by atoms with Gasteiger partial charge in [0.2, 0.25) is 0 Å². The lowest BCUT2D eigenvalue weighted by Crippen LogP contribution is -2.17. The molecular weight excluding hydrogens is 235 g/mol. The van der Waals surface area contributed by atoms with E-state index in [0.717, 1.165) is 6.07 Å². The molecule has 0 saturated carbocycles. The molecule has 0 aromatic carbocycles. The van der Waals surface area contributed by atoms with Gasteiger partial charge in [-0.3, -0.25) is 0 Å². The summed E-state index contributed by atoms with van der Waals surface area (Å²) in [6.07, 6.45) is -3.10. The Morgan fingerprint density at radius 1 is 1.35 bits per heavy atom. The minimum atomic E-state index is -4.41. The number of halogens is 3. The van der Waals surface area contributed by atoms with E-state index in [-0.39, 0.29) is 19.0 Å².